The van der Waals surface area contributed by atoms with E-state index in [-0.39, 0.29) is 48.1 Å². The van der Waals surface area contributed by atoms with Gasteiger partial charge in [-0.15, -0.1) is 12.4 Å². The lowest BCUT2D eigenvalue weighted by Crippen LogP contribution is -2.43. The van der Waals surface area contributed by atoms with E-state index in [1.165, 1.54) is 12.3 Å². The minimum absolute atomic E-state index is 0. The van der Waals surface area contributed by atoms with E-state index < -0.39 is 26.5 Å². The molecule has 1 spiro atoms. The number of anilines is 2. The second-order valence-corrected chi connectivity index (χ2v) is 13.0. The van der Waals surface area contributed by atoms with Crippen molar-refractivity contribution in [1.29, 1.82) is 0 Å². The quantitative estimate of drug-likeness (QED) is 0.352. The van der Waals surface area contributed by atoms with Gasteiger partial charge in [0.1, 0.15) is 18.1 Å². The number of pyridine rings is 2. The summed E-state index contributed by atoms with van der Waals surface area (Å²) in [6.07, 6.45) is 6.79. The molecule has 0 bridgehead atoms. The number of rotatable bonds is 9. The predicted molar refractivity (Wildman–Crippen MR) is 155 cm³/mol. The topological polar surface area (TPSA) is 114 Å². The van der Waals surface area contributed by atoms with Gasteiger partial charge < -0.3 is 15.0 Å². The summed E-state index contributed by atoms with van der Waals surface area (Å²) in [4.78, 5) is 23.7. The van der Waals surface area contributed by atoms with Crippen molar-refractivity contribution in [2.24, 2.45) is 0 Å². The maximum atomic E-state index is 15.5. The molecule has 1 amide bonds. The normalized spacial score (nSPS) is 17.6. The van der Waals surface area contributed by atoms with E-state index in [0.29, 0.717) is 30.5 Å². The van der Waals surface area contributed by atoms with Gasteiger partial charge in [-0.2, -0.15) is 0 Å². The number of nitrogens with one attached hydrogen (secondary N) is 2. The molecular weight excluding hydrogens is 557 g/mol. The minimum Gasteiger partial charge on any atom is -0.475 e. The molecule has 0 saturated heterocycles. The lowest BCUT2D eigenvalue weighted by Gasteiger charge is -2.37. The number of amides is 1. The zero-order valence-electron chi connectivity index (χ0n) is 22.7. The highest BCUT2D eigenvalue weighted by Crippen LogP contribution is 2.55. The van der Waals surface area contributed by atoms with Gasteiger partial charge in [0.15, 0.2) is 0 Å². The lowest BCUT2D eigenvalue weighted by molar-refractivity contribution is -0.125. The second kappa shape index (κ2) is 10.4. The standard InChI is InChI=1S/C28H32FN5O4S.ClH/c1-16(2)30-9-10-38-26-23(33-39(36,37)18-5-6-18)11-17(14-32-26)19-12-20-22(13-21(19)29)31-15-24-25(20)28(7-4-8-28)27(35)34(24)3;/h11-16,18,30,33H,4-10H2,1-3H3;1H. The van der Waals surface area contributed by atoms with Gasteiger partial charge in [0, 0.05) is 54.0 Å². The molecule has 2 fully saturated rings. The number of aromatic nitrogens is 2. The first-order valence-corrected chi connectivity index (χ1v) is 14.9. The molecular formula is C28H33ClFN5O4S. The Bertz CT molecular complexity index is 1590. The van der Waals surface area contributed by atoms with Crippen LogP contribution < -0.4 is 19.7 Å². The summed E-state index contributed by atoms with van der Waals surface area (Å²) in [6, 6.07) is 4.93. The molecule has 2 aromatic heterocycles. The molecule has 3 aliphatic rings. The molecule has 1 aromatic carbocycles. The van der Waals surface area contributed by atoms with Crippen molar-refractivity contribution in [2.75, 3.05) is 29.8 Å². The molecule has 0 radical (unpaired) electrons. The third kappa shape index (κ3) is 4.77. The highest BCUT2D eigenvalue weighted by Gasteiger charge is 2.54. The Hall–Kier alpha value is -3.02. The molecule has 0 atom stereocenters. The number of halogens is 2. The third-order valence-electron chi connectivity index (χ3n) is 7.97. The molecule has 214 valence electrons. The van der Waals surface area contributed by atoms with E-state index in [2.05, 4.69) is 20.0 Å². The van der Waals surface area contributed by atoms with Crippen molar-refractivity contribution in [1.82, 2.24) is 15.3 Å². The minimum atomic E-state index is -3.61. The van der Waals surface area contributed by atoms with Gasteiger partial charge in [-0.25, -0.2) is 17.8 Å². The van der Waals surface area contributed by atoms with Crippen LogP contribution in [0.4, 0.5) is 15.8 Å². The zero-order chi connectivity index (χ0) is 27.5. The SMILES string of the molecule is CC(C)NCCOc1ncc(-c2cc3c4c(cnc3cc2F)N(C)C(=O)C42CCC2)cc1NS(=O)(=O)C1CC1.Cl. The Balaban J connectivity index is 0.00000323. The Kier molecular flexibility index (Phi) is 7.43. The first kappa shape index (κ1) is 28.5. The van der Waals surface area contributed by atoms with Gasteiger partial charge in [-0.05, 0) is 37.8 Å². The number of sulfonamides is 1. The fourth-order valence-corrected chi connectivity index (χ4v) is 6.99. The van der Waals surface area contributed by atoms with Crippen LogP contribution in [0.25, 0.3) is 22.0 Å². The van der Waals surface area contributed by atoms with E-state index in [9.17, 15) is 13.2 Å². The third-order valence-corrected chi connectivity index (χ3v) is 9.82. The van der Waals surface area contributed by atoms with Crippen molar-refractivity contribution in [2.45, 2.75) is 62.7 Å². The first-order valence-electron chi connectivity index (χ1n) is 13.4. The molecule has 9 nitrogen and oxygen atoms in total. The summed E-state index contributed by atoms with van der Waals surface area (Å²) in [6.45, 7) is 4.88. The maximum Gasteiger partial charge on any atom is 0.238 e. The molecule has 3 aromatic rings. The van der Waals surface area contributed by atoms with Crippen LogP contribution in [0.3, 0.4) is 0 Å². The molecule has 2 N–H and O–H groups in total. The summed E-state index contributed by atoms with van der Waals surface area (Å²) in [7, 11) is -1.86. The van der Waals surface area contributed by atoms with Crippen molar-refractivity contribution in [3.8, 4) is 17.0 Å². The Morgan fingerprint density at radius 2 is 1.93 bits per heavy atom. The smallest absolute Gasteiger partial charge is 0.238 e. The molecule has 2 aliphatic carbocycles. The van der Waals surface area contributed by atoms with Gasteiger partial charge in [0.2, 0.25) is 21.8 Å². The van der Waals surface area contributed by atoms with Crippen LogP contribution in [0.1, 0.15) is 51.5 Å². The lowest BCUT2D eigenvalue weighted by atomic mass is 9.64. The van der Waals surface area contributed by atoms with Gasteiger partial charge in [0.25, 0.3) is 0 Å². The average Bonchev–Trinajstić information content (AvgIpc) is 3.69. The fraction of sp³-hybridized carbons (Fsp3) is 0.464. The van der Waals surface area contributed by atoms with Crippen molar-refractivity contribution >= 4 is 50.6 Å². The van der Waals surface area contributed by atoms with Crippen LogP contribution >= 0.6 is 12.4 Å². The van der Waals surface area contributed by atoms with Crippen LogP contribution in [-0.4, -0.2) is 55.8 Å². The maximum absolute atomic E-state index is 15.5. The van der Waals surface area contributed by atoms with Crippen molar-refractivity contribution in [3.63, 3.8) is 0 Å². The van der Waals surface area contributed by atoms with Crippen LogP contribution in [-0.2, 0) is 20.2 Å². The summed E-state index contributed by atoms with van der Waals surface area (Å²) < 4.78 is 49.5. The number of benzene rings is 1. The number of fused-ring (bicyclic) bond motifs is 4. The van der Waals surface area contributed by atoms with E-state index in [1.807, 2.05) is 13.8 Å². The summed E-state index contributed by atoms with van der Waals surface area (Å²) in [5.74, 6) is -0.323. The van der Waals surface area contributed by atoms with Gasteiger partial charge in [-0.1, -0.05) is 20.3 Å². The number of hydrogen-bond donors (Lipinski definition) is 2. The van der Waals surface area contributed by atoms with Crippen molar-refractivity contribution in [3.05, 3.63) is 42.0 Å². The molecule has 2 saturated carbocycles. The zero-order valence-corrected chi connectivity index (χ0v) is 24.3. The molecule has 1 aliphatic heterocycles. The average molecular weight is 590 g/mol. The summed E-state index contributed by atoms with van der Waals surface area (Å²) in [5, 5.41) is 3.52. The summed E-state index contributed by atoms with van der Waals surface area (Å²) in [5.41, 5.74) is 2.35. The van der Waals surface area contributed by atoms with Crippen LogP contribution in [0, 0.1) is 5.82 Å². The van der Waals surface area contributed by atoms with Crippen LogP contribution in [0.15, 0.2) is 30.6 Å². The van der Waals surface area contributed by atoms with E-state index in [0.717, 1.165) is 35.9 Å². The molecule has 0 unspecified atom stereocenters. The number of ether oxygens (including phenoxy) is 1. The van der Waals surface area contributed by atoms with Crippen molar-refractivity contribution < 1.29 is 22.3 Å². The highest BCUT2D eigenvalue weighted by atomic mass is 35.5. The number of likely N-dealkylation sites (N-methyl/N-ethyl adjacent to an activating group) is 1. The number of carbonyl (C=O) groups is 1. The van der Waals surface area contributed by atoms with Crippen LogP contribution in [0.2, 0.25) is 0 Å². The largest absolute Gasteiger partial charge is 0.475 e. The monoisotopic (exact) mass is 589 g/mol. The van der Waals surface area contributed by atoms with E-state index in [4.69, 9.17) is 4.74 Å². The molecule has 6 rings (SSSR count). The molecule has 40 heavy (non-hydrogen) atoms. The fourth-order valence-electron chi connectivity index (χ4n) is 5.61. The Morgan fingerprint density at radius 1 is 1.18 bits per heavy atom. The first-order chi connectivity index (χ1) is 18.6. The summed E-state index contributed by atoms with van der Waals surface area (Å²) >= 11 is 0. The van der Waals surface area contributed by atoms with E-state index >= 15 is 4.39 Å². The number of nitrogens with zero attached hydrogens (tertiary/aromatic N) is 3. The van der Waals surface area contributed by atoms with Gasteiger partial charge >= 0.3 is 0 Å². The Labute approximate surface area is 239 Å². The predicted octanol–water partition coefficient (Wildman–Crippen LogP) is 4.54. The molecule has 3 heterocycles. The van der Waals surface area contributed by atoms with Crippen LogP contribution in [0.5, 0.6) is 5.88 Å². The second-order valence-electron chi connectivity index (χ2n) is 11.0. The Morgan fingerprint density at radius 3 is 2.58 bits per heavy atom. The van der Waals surface area contributed by atoms with Gasteiger partial charge in [-0.3, -0.25) is 14.5 Å². The molecule has 12 heteroatoms. The van der Waals surface area contributed by atoms with E-state index in [1.54, 1.807) is 30.3 Å². The number of carbonyl (C=O) groups excluding carboxylic acids is 1. The highest BCUT2D eigenvalue weighted by molar-refractivity contribution is 7.93. The number of hydrogen-bond acceptors (Lipinski definition) is 7. The van der Waals surface area contributed by atoms with Gasteiger partial charge in [0.05, 0.1) is 28.1 Å².